The van der Waals surface area contributed by atoms with E-state index >= 15 is 0 Å². The van der Waals surface area contributed by atoms with Gasteiger partial charge in [0.2, 0.25) is 11.8 Å². The molecule has 0 radical (unpaired) electrons. The molecule has 0 aromatic heterocycles. The van der Waals surface area contributed by atoms with Crippen LogP contribution in [0.3, 0.4) is 0 Å². The smallest absolute Gasteiger partial charge is 0.315 e. The Balaban J connectivity index is 2.43. The maximum atomic E-state index is 13.5. The molecule has 34 heavy (non-hydrogen) atoms. The molecule has 0 fully saturated rings. The molecule has 0 bridgehead atoms. The first-order valence-corrected chi connectivity index (χ1v) is 10.2. The van der Waals surface area contributed by atoms with Crippen molar-refractivity contribution in [1.82, 2.24) is 10.6 Å². The zero-order chi connectivity index (χ0) is 25.3. The molecule has 2 aromatic rings. The first kappa shape index (κ1) is 25.9. The third-order valence-electron chi connectivity index (χ3n) is 4.68. The number of Topliss-reactive ketones (excluding diaryl/α,β-unsaturated/α-hetero) is 1. The number of ketones is 1. The normalized spacial score (nSPS) is 11.1. The number of anilines is 1. The van der Waals surface area contributed by atoms with Crippen LogP contribution in [0.25, 0.3) is 0 Å². The van der Waals surface area contributed by atoms with Crippen molar-refractivity contribution in [2.24, 2.45) is 5.73 Å². The fraction of sp³-hybridized carbons (Fsp3) is 0.217. The predicted molar refractivity (Wildman–Crippen MR) is 124 cm³/mol. The number of nitro groups is 1. The SMILES string of the molecule is C=C(C)C(=O)N(c1ccccc1C(=O)[C@H](Cc1ccccc1)NC(=O)CNC(=O)CN)[N+](=O)[O-]. The van der Waals surface area contributed by atoms with Crippen molar-refractivity contribution >= 4 is 29.2 Å². The van der Waals surface area contributed by atoms with Crippen LogP contribution in [-0.4, -0.2) is 47.7 Å². The summed E-state index contributed by atoms with van der Waals surface area (Å²) in [5, 5.41) is 15.9. The van der Waals surface area contributed by atoms with Gasteiger partial charge in [0.25, 0.3) is 0 Å². The van der Waals surface area contributed by atoms with Crippen molar-refractivity contribution in [1.29, 1.82) is 0 Å². The number of carbonyl (C=O) groups is 4. The molecule has 0 spiro atoms. The van der Waals surface area contributed by atoms with Gasteiger partial charge in [0.15, 0.2) is 10.8 Å². The number of carbonyl (C=O) groups excluding carboxylic acids is 4. The van der Waals surface area contributed by atoms with E-state index in [-0.39, 0.29) is 34.8 Å². The van der Waals surface area contributed by atoms with Gasteiger partial charge in [-0.2, -0.15) is 0 Å². The van der Waals surface area contributed by atoms with Crippen LogP contribution < -0.4 is 21.4 Å². The quantitative estimate of drug-likeness (QED) is 0.190. The third kappa shape index (κ3) is 6.81. The Morgan fingerprint density at radius 3 is 2.26 bits per heavy atom. The van der Waals surface area contributed by atoms with Crippen LogP contribution in [0.5, 0.6) is 0 Å². The predicted octanol–water partition coefficient (Wildman–Crippen LogP) is 0.773. The topological polar surface area (TPSA) is 165 Å². The van der Waals surface area contributed by atoms with E-state index in [1.165, 1.54) is 31.2 Å². The number of para-hydroxylation sites is 1. The summed E-state index contributed by atoms with van der Waals surface area (Å²) in [4.78, 5) is 61.4. The second-order valence-corrected chi connectivity index (χ2v) is 7.31. The zero-order valence-electron chi connectivity index (χ0n) is 18.5. The number of nitrogens with one attached hydrogen (secondary N) is 2. The molecule has 178 valence electrons. The van der Waals surface area contributed by atoms with Crippen molar-refractivity contribution in [3.63, 3.8) is 0 Å². The summed E-state index contributed by atoms with van der Waals surface area (Å²) in [6, 6.07) is 13.2. The number of hydrazine groups is 1. The van der Waals surface area contributed by atoms with Crippen LogP contribution in [0, 0.1) is 10.1 Å². The van der Waals surface area contributed by atoms with E-state index in [0.29, 0.717) is 5.56 Å². The maximum absolute atomic E-state index is 13.5. The van der Waals surface area contributed by atoms with Crippen molar-refractivity contribution in [3.8, 4) is 0 Å². The van der Waals surface area contributed by atoms with E-state index in [2.05, 4.69) is 17.2 Å². The third-order valence-corrected chi connectivity index (χ3v) is 4.68. The van der Waals surface area contributed by atoms with E-state index in [1.54, 1.807) is 30.3 Å². The molecular formula is C23H25N5O6. The summed E-state index contributed by atoms with van der Waals surface area (Å²) in [6.45, 7) is 4.05. The molecule has 0 aliphatic heterocycles. The average molecular weight is 467 g/mol. The van der Waals surface area contributed by atoms with Crippen molar-refractivity contribution < 1.29 is 24.2 Å². The lowest BCUT2D eigenvalue weighted by Gasteiger charge is -2.21. The lowest BCUT2D eigenvalue weighted by atomic mass is 9.96. The van der Waals surface area contributed by atoms with Gasteiger partial charge in [0.1, 0.15) is 5.69 Å². The Morgan fingerprint density at radius 1 is 1.06 bits per heavy atom. The largest absolute Gasteiger partial charge is 0.346 e. The van der Waals surface area contributed by atoms with E-state index in [1.807, 2.05) is 0 Å². The van der Waals surface area contributed by atoms with Crippen LogP contribution in [-0.2, 0) is 20.8 Å². The second kappa shape index (κ2) is 12.0. The summed E-state index contributed by atoms with van der Waals surface area (Å²) in [6.07, 6.45) is 0.0669. The first-order valence-electron chi connectivity index (χ1n) is 10.2. The highest BCUT2D eigenvalue weighted by atomic mass is 16.7. The molecule has 4 N–H and O–H groups in total. The van der Waals surface area contributed by atoms with E-state index in [4.69, 9.17) is 5.73 Å². The molecular weight excluding hydrogens is 442 g/mol. The number of nitrogens with zero attached hydrogens (tertiary/aromatic N) is 2. The van der Waals surface area contributed by atoms with Crippen LogP contribution in [0.1, 0.15) is 22.8 Å². The van der Waals surface area contributed by atoms with Gasteiger partial charge in [-0.1, -0.05) is 49.0 Å². The zero-order valence-corrected chi connectivity index (χ0v) is 18.5. The second-order valence-electron chi connectivity index (χ2n) is 7.31. The highest BCUT2D eigenvalue weighted by molar-refractivity contribution is 6.11. The molecule has 0 unspecified atom stereocenters. The van der Waals surface area contributed by atoms with Crippen LogP contribution in [0.4, 0.5) is 5.69 Å². The van der Waals surface area contributed by atoms with Crippen molar-refractivity contribution in [2.45, 2.75) is 19.4 Å². The molecule has 1 atom stereocenters. The number of nitrogens with two attached hydrogens (primary N) is 1. The summed E-state index contributed by atoms with van der Waals surface area (Å²) in [5.41, 5.74) is 5.44. The van der Waals surface area contributed by atoms with Gasteiger partial charge in [-0.3, -0.25) is 19.2 Å². The number of hydrogen-bond acceptors (Lipinski definition) is 7. The molecule has 3 amide bonds. The molecule has 0 aliphatic rings. The van der Waals surface area contributed by atoms with Crippen molar-refractivity contribution in [3.05, 3.63) is 88.0 Å². The molecule has 0 heterocycles. The molecule has 11 heteroatoms. The standard InChI is InChI=1S/C23H25N5O6/c1-15(2)23(32)27(28(33)34)19-11-7-6-10-17(19)22(31)18(12-16-8-4-3-5-9-16)26-21(30)14-25-20(29)13-24/h3-11,18H,1,12-14,24H2,2H3,(H,25,29)(H,26,30)/t18-/m0/s1. The summed E-state index contributed by atoms with van der Waals surface area (Å²) in [7, 11) is 0. The summed E-state index contributed by atoms with van der Waals surface area (Å²) < 4.78 is 0. The fourth-order valence-electron chi connectivity index (χ4n) is 3.06. The summed E-state index contributed by atoms with van der Waals surface area (Å²) >= 11 is 0. The summed E-state index contributed by atoms with van der Waals surface area (Å²) in [5.74, 6) is -2.85. The molecule has 0 saturated heterocycles. The van der Waals surface area contributed by atoms with E-state index < -0.39 is 41.1 Å². The minimum absolute atomic E-state index is 0.0669. The van der Waals surface area contributed by atoms with Crippen LogP contribution in [0.2, 0.25) is 0 Å². The Labute approximate surface area is 195 Å². The van der Waals surface area contributed by atoms with Gasteiger partial charge in [0.05, 0.1) is 19.1 Å². The van der Waals surface area contributed by atoms with Gasteiger partial charge in [-0.25, -0.2) is 10.1 Å². The highest BCUT2D eigenvalue weighted by Crippen LogP contribution is 2.24. The van der Waals surface area contributed by atoms with Crippen LogP contribution >= 0.6 is 0 Å². The molecule has 0 aliphatic carbocycles. The van der Waals surface area contributed by atoms with Gasteiger partial charge < -0.3 is 16.4 Å². The lowest BCUT2D eigenvalue weighted by molar-refractivity contribution is -0.483. The Hall–Kier alpha value is -4.38. The number of amides is 3. The molecule has 0 saturated carbocycles. The van der Waals surface area contributed by atoms with Crippen LogP contribution in [0.15, 0.2) is 66.7 Å². The molecule has 2 aromatic carbocycles. The Morgan fingerprint density at radius 2 is 1.68 bits per heavy atom. The molecule has 2 rings (SSSR count). The van der Waals surface area contributed by atoms with Gasteiger partial charge in [0, 0.05) is 17.6 Å². The van der Waals surface area contributed by atoms with Gasteiger partial charge >= 0.3 is 5.91 Å². The monoisotopic (exact) mass is 467 g/mol. The van der Waals surface area contributed by atoms with Gasteiger partial charge in [-0.05, 0) is 29.6 Å². The number of hydrogen-bond donors (Lipinski definition) is 3. The van der Waals surface area contributed by atoms with E-state index in [0.717, 1.165) is 0 Å². The number of rotatable bonds is 11. The van der Waals surface area contributed by atoms with E-state index in [9.17, 15) is 29.3 Å². The minimum Gasteiger partial charge on any atom is -0.346 e. The average Bonchev–Trinajstić information content (AvgIpc) is 2.82. The minimum atomic E-state index is -1.14. The first-order chi connectivity index (χ1) is 16.1. The number of benzene rings is 2. The van der Waals surface area contributed by atoms with Crippen molar-refractivity contribution in [2.75, 3.05) is 18.1 Å². The van der Waals surface area contributed by atoms with Gasteiger partial charge in [-0.15, -0.1) is 0 Å². The highest BCUT2D eigenvalue weighted by Gasteiger charge is 2.33. The molecule has 11 nitrogen and oxygen atoms in total. The lowest BCUT2D eigenvalue weighted by Crippen LogP contribution is -2.47. The Kier molecular flexibility index (Phi) is 9.15. The maximum Gasteiger partial charge on any atom is 0.315 e. The Bertz CT molecular complexity index is 1100. The fourth-order valence-corrected chi connectivity index (χ4v) is 3.06.